The summed E-state index contributed by atoms with van der Waals surface area (Å²) in [5.41, 5.74) is 1.52. The fourth-order valence-electron chi connectivity index (χ4n) is 2.15. The van der Waals surface area contributed by atoms with E-state index in [2.05, 4.69) is 16.5 Å². The Bertz CT molecular complexity index is 836. The molecule has 0 amide bonds. The highest BCUT2D eigenvalue weighted by atomic mass is 35.5. The van der Waals surface area contributed by atoms with E-state index in [-0.39, 0.29) is 5.02 Å². The fraction of sp³-hybridized carbons (Fsp3) is 0.188. The third-order valence-corrected chi connectivity index (χ3v) is 4.32. The van der Waals surface area contributed by atoms with Gasteiger partial charge in [-0.25, -0.2) is 9.38 Å². The van der Waals surface area contributed by atoms with Gasteiger partial charge >= 0.3 is 0 Å². The largest absolute Gasteiger partial charge is 0.463 e. The molecule has 0 unspecified atom stereocenters. The molecule has 0 N–H and O–H groups in total. The molecular formula is C16H14ClFN2OS. The third kappa shape index (κ3) is 3.00. The minimum Gasteiger partial charge on any atom is -0.463 e. The Kier molecular flexibility index (Phi) is 4.45. The molecular weight excluding hydrogens is 323 g/mol. The SMILES string of the molecule is CCCn1c(-c2ccco2)csc1=Nc1ccc(Cl)c(F)c1. The van der Waals surface area contributed by atoms with Gasteiger partial charge < -0.3 is 8.98 Å². The molecule has 0 bridgehead atoms. The van der Waals surface area contributed by atoms with E-state index in [1.165, 1.54) is 23.5 Å². The van der Waals surface area contributed by atoms with E-state index in [1.54, 1.807) is 12.3 Å². The lowest BCUT2D eigenvalue weighted by Crippen LogP contribution is -2.15. The van der Waals surface area contributed by atoms with Crippen LogP contribution in [0.2, 0.25) is 5.02 Å². The van der Waals surface area contributed by atoms with Crippen molar-refractivity contribution in [2.24, 2.45) is 4.99 Å². The number of rotatable bonds is 4. The first-order valence-corrected chi connectivity index (χ1v) is 8.17. The molecule has 1 aromatic carbocycles. The van der Waals surface area contributed by atoms with Crippen LogP contribution in [0.15, 0.2) is 51.4 Å². The average Bonchev–Trinajstić information content (AvgIpc) is 3.14. The topological polar surface area (TPSA) is 30.4 Å². The molecule has 0 radical (unpaired) electrons. The van der Waals surface area contributed by atoms with Crippen molar-refractivity contribution in [3.63, 3.8) is 0 Å². The Morgan fingerprint density at radius 2 is 2.23 bits per heavy atom. The van der Waals surface area contributed by atoms with Crippen molar-refractivity contribution in [3.05, 3.63) is 57.6 Å². The summed E-state index contributed by atoms with van der Waals surface area (Å²) < 4.78 is 21.1. The quantitative estimate of drug-likeness (QED) is 0.640. The predicted octanol–water partition coefficient (Wildman–Crippen LogP) is 5.24. The van der Waals surface area contributed by atoms with Gasteiger partial charge in [-0.15, -0.1) is 11.3 Å². The van der Waals surface area contributed by atoms with E-state index >= 15 is 0 Å². The molecule has 0 aliphatic heterocycles. The average molecular weight is 337 g/mol. The van der Waals surface area contributed by atoms with Crippen molar-refractivity contribution in [2.75, 3.05) is 0 Å². The van der Waals surface area contributed by atoms with Gasteiger partial charge in [0.1, 0.15) is 5.82 Å². The second-order valence-electron chi connectivity index (χ2n) is 4.74. The van der Waals surface area contributed by atoms with E-state index in [0.29, 0.717) is 5.69 Å². The van der Waals surface area contributed by atoms with Gasteiger partial charge in [0.2, 0.25) is 0 Å². The van der Waals surface area contributed by atoms with Crippen LogP contribution in [0.1, 0.15) is 13.3 Å². The number of hydrogen-bond donors (Lipinski definition) is 0. The zero-order valence-electron chi connectivity index (χ0n) is 11.9. The van der Waals surface area contributed by atoms with Gasteiger partial charge in [0.05, 0.1) is 22.7 Å². The van der Waals surface area contributed by atoms with Crippen molar-refractivity contribution in [1.29, 1.82) is 0 Å². The molecule has 3 nitrogen and oxygen atoms in total. The monoisotopic (exact) mass is 336 g/mol. The van der Waals surface area contributed by atoms with Crippen LogP contribution in [-0.4, -0.2) is 4.57 Å². The van der Waals surface area contributed by atoms with Gasteiger partial charge in [-0.3, -0.25) is 0 Å². The zero-order valence-corrected chi connectivity index (χ0v) is 13.5. The maximum absolute atomic E-state index is 13.5. The van der Waals surface area contributed by atoms with Crippen molar-refractivity contribution in [2.45, 2.75) is 19.9 Å². The Labute approximate surface area is 136 Å². The van der Waals surface area contributed by atoms with E-state index in [0.717, 1.165) is 29.2 Å². The van der Waals surface area contributed by atoms with Crippen molar-refractivity contribution < 1.29 is 8.81 Å². The summed E-state index contributed by atoms with van der Waals surface area (Å²) in [5.74, 6) is 0.334. The van der Waals surface area contributed by atoms with Crippen molar-refractivity contribution in [1.82, 2.24) is 4.57 Å². The minimum absolute atomic E-state index is 0.0999. The molecule has 0 fully saturated rings. The van der Waals surface area contributed by atoms with Crippen molar-refractivity contribution in [3.8, 4) is 11.5 Å². The molecule has 0 atom stereocenters. The van der Waals surface area contributed by atoms with Crippen molar-refractivity contribution >= 4 is 28.6 Å². The van der Waals surface area contributed by atoms with Crippen LogP contribution >= 0.6 is 22.9 Å². The smallest absolute Gasteiger partial charge is 0.190 e. The molecule has 22 heavy (non-hydrogen) atoms. The van der Waals surface area contributed by atoms with Crippen LogP contribution < -0.4 is 4.80 Å². The number of furan rings is 1. The van der Waals surface area contributed by atoms with Gasteiger partial charge in [-0.1, -0.05) is 18.5 Å². The summed E-state index contributed by atoms with van der Waals surface area (Å²) in [5, 5.41) is 2.10. The Morgan fingerprint density at radius 1 is 1.36 bits per heavy atom. The summed E-state index contributed by atoms with van der Waals surface area (Å²) in [6.07, 6.45) is 2.61. The van der Waals surface area contributed by atoms with Crippen LogP contribution in [0.5, 0.6) is 0 Å². The van der Waals surface area contributed by atoms with Crippen LogP contribution in [-0.2, 0) is 6.54 Å². The first kappa shape index (κ1) is 15.1. The van der Waals surface area contributed by atoms with Gasteiger partial charge in [0.15, 0.2) is 10.6 Å². The number of thiazole rings is 1. The summed E-state index contributed by atoms with van der Waals surface area (Å²) in [6.45, 7) is 2.91. The maximum Gasteiger partial charge on any atom is 0.190 e. The molecule has 0 spiro atoms. The normalized spacial score (nSPS) is 12.0. The second kappa shape index (κ2) is 6.50. The third-order valence-electron chi connectivity index (χ3n) is 3.15. The minimum atomic E-state index is -0.465. The molecule has 3 rings (SSSR count). The lowest BCUT2D eigenvalue weighted by Gasteiger charge is -2.05. The number of hydrogen-bond acceptors (Lipinski definition) is 3. The summed E-state index contributed by atoms with van der Waals surface area (Å²) >= 11 is 7.20. The Hall–Kier alpha value is -1.85. The Balaban J connectivity index is 2.10. The number of benzene rings is 1. The number of aromatic nitrogens is 1. The highest BCUT2D eigenvalue weighted by Gasteiger charge is 2.10. The maximum atomic E-state index is 13.5. The summed E-state index contributed by atoms with van der Waals surface area (Å²) in [7, 11) is 0. The summed E-state index contributed by atoms with van der Waals surface area (Å²) in [4.78, 5) is 5.33. The molecule has 2 aromatic heterocycles. The van der Waals surface area contributed by atoms with E-state index in [4.69, 9.17) is 16.0 Å². The first-order chi connectivity index (χ1) is 10.7. The lowest BCUT2D eigenvalue weighted by atomic mass is 10.3. The highest BCUT2D eigenvalue weighted by molar-refractivity contribution is 7.07. The van der Waals surface area contributed by atoms with Crippen LogP contribution in [0, 0.1) is 5.82 Å². The van der Waals surface area contributed by atoms with Crippen LogP contribution in [0.3, 0.4) is 0 Å². The molecule has 0 saturated carbocycles. The fourth-order valence-corrected chi connectivity index (χ4v) is 3.20. The van der Waals surface area contributed by atoms with Gasteiger partial charge in [-0.2, -0.15) is 0 Å². The van der Waals surface area contributed by atoms with Gasteiger partial charge in [0.25, 0.3) is 0 Å². The predicted molar refractivity (Wildman–Crippen MR) is 86.9 cm³/mol. The molecule has 0 aliphatic carbocycles. The van der Waals surface area contributed by atoms with Crippen LogP contribution in [0.25, 0.3) is 11.5 Å². The molecule has 0 aliphatic rings. The molecule has 3 aromatic rings. The van der Waals surface area contributed by atoms with E-state index in [1.807, 2.05) is 17.5 Å². The number of nitrogens with zero attached hydrogens (tertiary/aromatic N) is 2. The molecule has 114 valence electrons. The lowest BCUT2D eigenvalue weighted by molar-refractivity contribution is 0.567. The van der Waals surface area contributed by atoms with E-state index in [9.17, 15) is 4.39 Å². The second-order valence-corrected chi connectivity index (χ2v) is 5.99. The number of halogens is 2. The van der Waals surface area contributed by atoms with Gasteiger partial charge in [0, 0.05) is 18.0 Å². The summed E-state index contributed by atoms with van der Waals surface area (Å²) in [6, 6.07) is 8.33. The Morgan fingerprint density at radius 3 is 2.91 bits per heavy atom. The first-order valence-electron chi connectivity index (χ1n) is 6.91. The van der Waals surface area contributed by atoms with Gasteiger partial charge in [-0.05, 0) is 30.7 Å². The molecule has 0 saturated heterocycles. The standard InChI is InChI=1S/C16H14ClFN2OS/c1-2-7-20-14(15-4-3-8-21-15)10-22-16(20)19-11-5-6-12(17)13(18)9-11/h3-6,8-10H,2,7H2,1H3. The highest BCUT2D eigenvalue weighted by Crippen LogP contribution is 2.23. The molecule has 2 heterocycles. The zero-order chi connectivity index (χ0) is 15.5. The van der Waals surface area contributed by atoms with Crippen LogP contribution in [0.4, 0.5) is 10.1 Å². The molecule has 6 heteroatoms. The van der Waals surface area contributed by atoms with E-state index < -0.39 is 5.82 Å².